The smallest absolute Gasteiger partial charge is 0.127 e. The molecule has 0 fully saturated rings. The molecule has 154 valence electrons. The van der Waals surface area contributed by atoms with E-state index in [9.17, 15) is 0 Å². The number of rotatable bonds is 7. The lowest BCUT2D eigenvalue weighted by molar-refractivity contribution is 0.284. The van der Waals surface area contributed by atoms with Crippen molar-refractivity contribution in [2.75, 3.05) is 27.2 Å². The van der Waals surface area contributed by atoms with Gasteiger partial charge < -0.3 is 14.2 Å². The molecule has 0 atom stereocenters. The van der Waals surface area contributed by atoms with Gasteiger partial charge in [0.15, 0.2) is 0 Å². The van der Waals surface area contributed by atoms with E-state index in [0.717, 1.165) is 52.1 Å². The zero-order valence-electron chi connectivity index (χ0n) is 18.2. The van der Waals surface area contributed by atoms with Gasteiger partial charge in [-0.2, -0.15) is 0 Å². The van der Waals surface area contributed by atoms with Gasteiger partial charge in [-0.15, -0.1) is 0 Å². The zero-order chi connectivity index (χ0) is 21.1. The topological polar surface area (TPSA) is 30.3 Å². The number of fused-ring (bicyclic) bond motifs is 1. The molecule has 4 rings (SSSR count). The molecule has 4 heteroatoms. The Morgan fingerprint density at radius 1 is 0.867 bits per heavy atom. The molecule has 0 aliphatic heterocycles. The molecule has 30 heavy (non-hydrogen) atoms. The van der Waals surface area contributed by atoms with E-state index in [1.54, 1.807) is 0 Å². The van der Waals surface area contributed by atoms with Crippen LogP contribution in [-0.4, -0.2) is 41.7 Å². The van der Waals surface area contributed by atoms with Gasteiger partial charge in [0.1, 0.15) is 5.75 Å². The van der Waals surface area contributed by atoms with Gasteiger partial charge >= 0.3 is 0 Å². The van der Waals surface area contributed by atoms with Crippen molar-refractivity contribution in [3.05, 3.63) is 72.4 Å². The van der Waals surface area contributed by atoms with E-state index in [1.807, 2.05) is 0 Å². The Bertz CT molecular complexity index is 1160. The number of aromatic nitrogens is 2. The Labute approximate surface area is 178 Å². The summed E-state index contributed by atoms with van der Waals surface area (Å²) in [6.07, 6.45) is 1.00. The molecule has 0 unspecified atom stereocenters. The zero-order valence-corrected chi connectivity index (χ0v) is 18.2. The molecule has 0 spiro atoms. The molecule has 4 aromatic rings. The van der Waals surface area contributed by atoms with Gasteiger partial charge in [-0.3, -0.25) is 0 Å². The van der Waals surface area contributed by atoms with Crippen molar-refractivity contribution >= 4 is 10.8 Å². The van der Waals surface area contributed by atoms with Gasteiger partial charge in [0.2, 0.25) is 0 Å². The normalized spacial score (nSPS) is 11.4. The third-order valence-corrected chi connectivity index (χ3v) is 5.55. The van der Waals surface area contributed by atoms with Gasteiger partial charge in [-0.1, -0.05) is 30.3 Å². The van der Waals surface area contributed by atoms with E-state index in [4.69, 9.17) is 9.72 Å². The van der Waals surface area contributed by atoms with Crippen LogP contribution in [-0.2, 0) is 7.05 Å². The third kappa shape index (κ3) is 4.10. The number of hydrogen-bond acceptors (Lipinski definition) is 3. The molecular weight excluding hydrogens is 370 g/mol. The van der Waals surface area contributed by atoms with Crippen molar-refractivity contribution in [2.45, 2.75) is 13.3 Å². The maximum atomic E-state index is 6.12. The van der Waals surface area contributed by atoms with Crippen molar-refractivity contribution in [1.29, 1.82) is 0 Å². The average Bonchev–Trinajstić information content (AvgIpc) is 3.09. The summed E-state index contributed by atoms with van der Waals surface area (Å²) in [6.45, 7) is 3.84. The van der Waals surface area contributed by atoms with Gasteiger partial charge in [0, 0.05) is 30.2 Å². The van der Waals surface area contributed by atoms with Crippen molar-refractivity contribution in [2.24, 2.45) is 7.05 Å². The Kier molecular flexibility index (Phi) is 5.86. The van der Waals surface area contributed by atoms with Crippen LogP contribution < -0.4 is 4.74 Å². The summed E-state index contributed by atoms with van der Waals surface area (Å²) in [5.41, 5.74) is 5.43. The average molecular weight is 400 g/mol. The number of hydrogen-bond donors (Lipinski definition) is 0. The number of pyridine rings is 1. The molecule has 0 bridgehead atoms. The van der Waals surface area contributed by atoms with Crippen molar-refractivity contribution < 1.29 is 4.74 Å². The van der Waals surface area contributed by atoms with Crippen LogP contribution in [0.5, 0.6) is 5.75 Å². The second kappa shape index (κ2) is 8.72. The molecule has 2 aromatic carbocycles. The minimum Gasteiger partial charge on any atom is -0.493 e. The van der Waals surface area contributed by atoms with Crippen molar-refractivity contribution in [3.8, 4) is 28.4 Å². The van der Waals surface area contributed by atoms with Gasteiger partial charge in [-0.05, 0) is 69.2 Å². The maximum Gasteiger partial charge on any atom is 0.127 e. The molecule has 0 N–H and O–H groups in total. The van der Waals surface area contributed by atoms with Crippen LogP contribution in [0.1, 0.15) is 12.1 Å². The highest BCUT2D eigenvalue weighted by Crippen LogP contribution is 2.34. The predicted molar refractivity (Wildman–Crippen MR) is 125 cm³/mol. The Hall–Kier alpha value is -3.11. The van der Waals surface area contributed by atoms with Crippen molar-refractivity contribution in [3.63, 3.8) is 0 Å². The van der Waals surface area contributed by atoms with Crippen molar-refractivity contribution in [1.82, 2.24) is 14.5 Å². The van der Waals surface area contributed by atoms with E-state index >= 15 is 0 Å². The standard InChI is InChI=1S/C26H29N3O/c1-19-13-15-25(29(19)4)24-12-7-11-23(27-24)21-14-16-26(30-18-8-17-28(2)3)22-10-6-5-9-20(21)22/h5-7,9-16H,8,17-18H2,1-4H3. The highest BCUT2D eigenvalue weighted by Gasteiger charge is 2.12. The minimum atomic E-state index is 0.710. The summed E-state index contributed by atoms with van der Waals surface area (Å²) in [5.74, 6) is 0.933. The first-order valence-electron chi connectivity index (χ1n) is 10.4. The van der Waals surface area contributed by atoms with Crippen LogP contribution in [0.25, 0.3) is 33.4 Å². The predicted octanol–water partition coefficient (Wildman–Crippen LogP) is 5.55. The molecule has 0 radical (unpaired) electrons. The fourth-order valence-corrected chi connectivity index (χ4v) is 3.78. The molecular formula is C26H29N3O. The van der Waals surface area contributed by atoms with E-state index in [2.05, 4.69) is 104 Å². The van der Waals surface area contributed by atoms with Gasteiger partial charge in [0.05, 0.1) is 23.7 Å². The van der Waals surface area contributed by atoms with E-state index in [0.29, 0.717) is 6.61 Å². The minimum absolute atomic E-state index is 0.710. The van der Waals surface area contributed by atoms with Crippen LogP contribution in [0, 0.1) is 6.92 Å². The lowest BCUT2D eigenvalue weighted by atomic mass is 10.0. The lowest BCUT2D eigenvalue weighted by Crippen LogP contribution is -2.15. The monoisotopic (exact) mass is 399 g/mol. The largest absolute Gasteiger partial charge is 0.493 e. The van der Waals surface area contributed by atoms with Crippen LogP contribution in [0.15, 0.2) is 66.7 Å². The quantitative estimate of drug-likeness (QED) is 0.382. The van der Waals surface area contributed by atoms with Crippen LogP contribution in [0.2, 0.25) is 0 Å². The summed E-state index contributed by atoms with van der Waals surface area (Å²) < 4.78 is 8.30. The Morgan fingerprint density at radius 3 is 2.37 bits per heavy atom. The highest BCUT2D eigenvalue weighted by atomic mass is 16.5. The second-order valence-corrected chi connectivity index (χ2v) is 7.99. The molecule has 4 nitrogen and oxygen atoms in total. The first-order chi connectivity index (χ1) is 14.5. The first-order valence-corrected chi connectivity index (χ1v) is 10.4. The van der Waals surface area contributed by atoms with E-state index in [-0.39, 0.29) is 0 Å². The van der Waals surface area contributed by atoms with Gasteiger partial charge in [-0.25, -0.2) is 4.98 Å². The SMILES string of the molecule is Cc1ccc(-c2cccc(-c3ccc(OCCCN(C)C)c4ccccc34)n2)n1C. The number of benzene rings is 2. The molecule has 2 aromatic heterocycles. The summed E-state index contributed by atoms with van der Waals surface area (Å²) in [4.78, 5) is 7.17. The summed E-state index contributed by atoms with van der Waals surface area (Å²) in [6, 6.07) is 23.1. The fraction of sp³-hybridized carbons (Fsp3) is 0.269. The Balaban J connectivity index is 1.69. The second-order valence-electron chi connectivity index (χ2n) is 7.99. The highest BCUT2D eigenvalue weighted by molar-refractivity contribution is 5.99. The molecule has 0 aliphatic carbocycles. The van der Waals surface area contributed by atoms with Crippen LogP contribution in [0.3, 0.4) is 0 Å². The van der Waals surface area contributed by atoms with E-state index < -0.39 is 0 Å². The molecule has 0 saturated heterocycles. The molecule has 2 heterocycles. The number of ether oxygens (including phenoxy) is 1. The van der Waals surface area contributed by atoms with Crippen LogP contribution in [0.4, 0.5) is 0 Å². The Morgan fingerprint density at radius 2 is 1.63 bits per heavy atom. The third-order valence-electron chi connectivity index (χ3n) is 5.55. The first kappa shape index (κ1) is 20.2. The summed E-state index contributed by atoms with van der Waals surface area (Å²) in [5, 5.41) is 2.29. The fourth-order valence-electron chi connectivity index (χ4n) is 3.78. The number of aryl methyl sites for hydroxylation is 1. The molecule has 0 aliphatic rings. The lowest BCUT2D eigenvalue weighted by Gasteiger charge is -2.14. The molecule has 0 amide bonds. The van der Waals surface area contributed by atoms with Gasteiger partial charge in [0.25, 0.3) is 0 Å². The summed E-state index contributed by atoms with van der Waals surface area (Å²) >= 11 is 0. The van der Waals surface area contributed by atoms with Crippen LogP contribution >= 0.6 is 0 Å². The summed E-state index contributed by atoms with van der Waals surface area (Å²) in [7, 11) is 6.25. The van der Waals surface area contributed by atoms with E-state index in [1.165, 1.54) is 5.69 Å². The molecule has 0 saturated carbocycles. The number of nitrogens with zero attached hydrogens (tertiary/aromatic N) is 3. The maximum absolute atomic E-state index is 6.12.